The molecule has 0 aliphatic carbocycles. The zero-order valence-electron chi connectivity index (χ0n) is 13.0. The van der Waals surface area contributed by atoms with Crippen molar-refractivity contribution in [3.63, 3.8) is 0 Å². The van der Waals surface area contributed by atoms with Crippen molar-refractivity contribution < 1.29 is 22.9 Å². The molecule has 0 fully saturated rings. The van der Waals surface area contributed by atoms with Crippen molar-refractivity contribution in [2.75, 3.05) is 19.5 Å². The summed E-state index contributed by atoms with van der Waals surface area (Å²) in [4.78, 5) is 10.2. The zero-order valence-corrected chi connectivity index (χ0v) is 13.9. The average Bonchev–Trinajstić information content (AvgIpc) is 2.60. The van der Waals surface area contributed by atoms with Gasteiger partial charge in [0.15, 0.2) is 5.78 Å². The summed E-state index contributed by atoms with van der Waals surface area (Å²) in [6.45, 7) is 0. The Morgan fingerprint density at radius 3 is 2.08 bits per heavy atom. The van der Waals surface area contributed by atoms with Crippen molar-refractivity contribution in [1.29, 1.82) is 0 Å². The summed E-state index contributed by atoms with van der Waals surface area (Å²) in [7, 11) is -1.11. The number of nitro benzene ring substituents is 1. The van der Waals surface area contributed by atoms with E-state index in [4.69, 9.17) is 9.05 Å². The van der Waals surface area contributed by atoms with Crippen molar-refractivity contribution in [3.8, 4) is 0 Å². The molecule has 9 heteroatoms. The monoisotopic (exact) mass is 354 g/mol. The SMILES string of the molecule is COP(=O)(OC)C(Nc1ccc(F)cc1)c1ccc([N+](=O)[O-])cc1. The number of benzene rings is 2. The minimum Gasteiger partial charge on any atom is -0.368 e. The molecule has 7 nitrogen and oxygen atoms in total. The molecule has 0 saturated heterocycles. The number of halogens is 1. The number of nitrogens with zero attached hydrogens (tertiary/aromatic N) is 1. The lowest BCUT2D eigenvalue weighted by Crippen LogP contribution is -2.13. The molecule has 0 spiro atoms. The predicted molar refractivity (Wildman–Crippen MR) is 87.5 cm³/mol. The molecule has 0 aliphatic heterocycles. The minimum absolute atomic E-state index is 0.0936. The zero-order chi connectivity index (χ0) is 17.7. The van der Waals surface area contributed by atoms with Gasteiger partial charge in [0.05, 0.1) is 4.92 Å². The highest BCUT2D eigenvalue weighted by molar-refractivity contribution is 7.54. The molecule has 0 radical (unpaired) electrons. The quantitative estimate of drug-likeness (QED) is 0.452. The summed E-state index contributed by atoms with van der Waals surface area (Å²) < 4.78 is 35.9. The molecule has 0 bridgehead atoms. The van der Waals surface area contributed by atoms with Crippen LogP contribution in [0, 0.1) is 15.9 Å². The van der Waals surface area contributed by atoms with E-state index in [-0.39, 0.29) is 5.69 Å². The first-order chi connectivity index (χ1) is 11.4. The fraction of sp³-hybridized carbons (Fsp3) is 0.200. The molecule has 0 aromatic heterocycles. The number of rotatable bonds is 7. The summed E-state index contributed by atoms with van der Waals surface area (Å²) in [6, 6.07) is 11.0. The van der Waals surface area contributed by atoms with E-state index in [0.717, 1.165) is 0 Å². The van der Waals surface area contributed by atoms with Gasteiger partial charge in [0.1, 0.15) is 5.82 Å². The third-order valence-corrected chi connectivity index (χ3v) is 5.47. The van der Waals surface area contributed by atoms with Crippen LogP contribution in [-0.2, 0) is 13.6 Å². The van der Waals surface area contributed by atoms with Crippen molar-refractivity contribution in [2.24, 2.45) is 0 Å². The fourth-order valence-electron chi connectivity index (χ4n) is 2.11. The van der Waals surface area contributed by atoms with Crippen molar-refractivity contribution in [2.45, 2.75) is 5.78 Å². The summed E-state index contributed by atoms with van der Waals surface area (Å²) >= 11 is 0. The number of hydrogen-bond acceptors (Lipinski definition) is 6. The fourth-order valence-corrected chi connectivity index (χ4v) is 3.53. The minimum atomic E-state index is -3.60. The lowest BCUT2D eigenvalue weighted by molar-refractivity contribution is -0.384. The largest absolute Gasteiger partial charge is 0.368 e. The lowest BCUT2D eigenvalue weighted by Gasteiger charge is -2.26. The Balaban J connectivity index is 2.40. The van der Waals surface area contributed by atoms with E-state index >= 15 is 0 Å². The normalized spacial score (nSPS) is 12.6. The summed E-state index contributed by atoms with van der Waals surface area (Å²) in [6.07, 6.45) is 0. The number of nitro groups is 1. The molecule has 2 aromatic carbocycles. The van der Waals surface area contributed by atoms with Gasteiger partial charge in [-0.3, -0.25) is 14.7 Å². The summed E-state index contributed by atoms with van der Waals surface area (Å²) in [5.41, 5.74) is 0.870. The van der Waals surface area contributed by atoms with Crippen LogP contribution in [-0.4, -0.2) is 19.1 Å². The molecular formula is C15H16FN2O5P. The highest BCUT2D eigenvalue weighted by atomic mass is 31.2. The molecular weight excluding hydrogens is 338 g/mol. The standard InChI is InChI=1S/C15H16FN2O5P/c1-22-24(21,23-2)15(17-13-7-5-12(16)6-8-13)11-3-9-14(10-4-11)18(19)20/h3-10,15,17H,1-2H3. The summed E-state index contributed by atoms with van der Waals surface area (Å²) in [5.74, 6) is -1.33. The van der Waals surface area contributed by atoms with Crippen molar-refractivity contribution in [3.05, 3.63) is 70.0 Å². The van der Waals surface area contributed by atoms with Gasteiger partial charge in [-0.25, -0.2) is 4.39 Å². The van der Waals surface area contributed by atoms with E-state index in [1.54, 1.807) is 0 Å². The van der Waals surface area contributed by atoms with Gasteiger partial charge in [-0.1, -0.05) is 0 Å². The van der Waals surface area contributed by atoms with Crippen LogP contribution < -0.4 is 5.32 Å². The maximum Gasteiger partial charge on any atom is 0.356 e. The average molecular weight is 354 g/mol. The maximum absolute atomic E-state index is 13.0. The van der Waals surface area contributed by atoms with E-state index in [9.17, 15) is 19.1 Å². The van der Waals surface area contributed by atoms with Gasteiger partial charge in [-0.05, 0) is 42.0 Å². The molecule has 24 heavy (non-hydrogen) atoms. The van der Waals surface area contributed by atoms with Gasteiger partial charge in [-0.15, -0.1) is 0 Å². The highest BCUT2D eigenvalue weighted by Gasteiger charge is 2.35. The Morgan fingerprint density at radius 2 is 1.62 bits per heavy atom. The third kappa shape index (κ3) is 3.97. The van der Waals surface area contributed by atoms with Crippen molar-refractivity contribution in [1.82, 2.24) is 0 Å². The van der Waals surface area contributed by atoms with Crippen LogP contribution in [0.2, 0.25) is 0 Å². The smallest absolute Gasteiger partial charge is 0.356 e. The third-order valence-electron chi connectivity index (χ3n) is 3.39. The molecule has 128 valence electrons. The second-order valence-electron chi connectivity index (χ2n) is 4.81. The van der Waals surface area contributed by atoms with E-state index in [0.29, 0.717) is 11.3 Å². The first-order valence-electron chi connectivity index (χ1n) is 6.87. The predicted octanol–water partition coefficient (Wildman–Crippen LogP) is 4.33. The summed E-state index contributed by atoms with van der Waals surface area (Å²) in [5, 5.41) is 13.7. The van der Waals surface area contributed by atoms with E-state index in [2.05, 4.69) is 5.32 Å². The van der Waals surface area contributed by atoms with Crippen LogP contribution in [0.3, 0.4) is 0 Å². The number of nitrogens with one attached hydrogen (secondary N) is 1. The van der Waals surface area contributed by atoms with Crippen LogP contribution in [0.5, 0.6) is 0 Å². The first-order valence-corrected chi connectivity index (χ1v) is 8.48. The van der Waals surface area contributed by atoms with Crippen LogP contribution in [0.1, 0.15) is 11.3 Å². The molecule has 1 atom stereocenters. The van der Waals surface area contributed by atoms with Gasteiger partial charge >= 0.3 is 7.60 Å². The number of hydrogen-bond donors (Lipinski definition) is 1. The van der Waals surface area contributed by atoms with Gasteiger partial charge in [0.2, 0.25) is 0 Å². The molecule has 1 N–H and O–H groups in total. The van der Waals surface area contributed by atoms with Crippen molar-refractivity contribution >= 4 is 19.0 Å². The molecule has 2 aromatic rings. The van der Waals surface area contributed by atoms with Crippen LogP contribution in [0.25, 0.3) is 0 Å². The Labute approximate surface area is 138 Å². The van der Waals surface area contributed by atoms with Gasteiger partial charge in [0, 0.05) is 32.0 Å². The van der Waals surface area contributed by atoms with E-state index in [1.165, 1.54) is 62.8 Å². The molecule has 0 saturated carbocycles. The Kier molecular flexibility index (Phi) is 5.66. The van der Waals surface area contributed by atoms with Crippen LogP contribution in [0.15, 0.2) is 48.5 Å². The van der Waals surface area contributed by atoms with Gasteiger partial charge in [-0.2, -0.15) is 0 Å². The Bertz CT molecular complexity index is 743. The first kappa shape index (κ1) is 18.1. The maximum atomic E-state index is 13.0. The van der Waals surface area contributed by atoms with E-state index < -0.39 is 24.1 Å². The van der Waals surface area contributed by atoms with Crippen LogP contribution in [0.4, 0.5) is 15.8 Å². The second kappa shape index (κ2) is 7.53. The molecule has 0 aliphatic rings. The Hall–Kier alpha value is -2.28. The van der Waals surface area contributed by atoms with Gasteiger partial charge in [0.25, 0.3) is 5.69 Å². The molecule has 2 rings (SSSR count). The molecule has 1 unspecified atom stereocenters. The highest BCUT2D eigenvalue weighted by Crippen LogP contribution is 2.59. The second-order valence-corrected chi connectivity index (χ2v) is 7.13. The van der Waals surface area contributed by atoms with Gasteiger partial charge < -0.3 is 14.4 Å². The van der Waals surface area contributed by atoms with E-state index in [1.807, 2.05) is 0 Å². The number of non-ortho nitro benzene ring substituents is 1. The van der Waals surface area contributed by atoms with Crippen LogP contribution >= 0.6 is 7.60 Å². The molecule has 0 amide bonds. The lowest BCUT2D eigenvalue weighted by atomic mass is 10.2. The Morgan fingerprint density at radius 1 is 1.08 bits per heavy atom. The molecule has 0 heterocycles. The topological polar surface area (TPSA) is 90.7 Å². The number of anilines is 1.